The van der Waals surface area contributed by atoms with E-state index in [-0.39, 0.29) is 5.66 Å². The molecule has 124 valence electrons. The number of nitrogens with zero attached hydrogens (tertiary/aromatic N) is 1. The van der Waals surface area contributed by atoms with Crippen molar-refractivity contribution < 1.29 is 4.74 Å². The van der Waals surface area contributed by atoms with Crippen molar-refractivity contribution in [1.82, 2.24) is 10.2 Å². The van der Waals surface area contributed by atoms with Gasteiger partial charge in [-0.2, -0.15) is 0 Å². The van der Waals surface area contributed by atoms with Crippen LogP contribution < -0.4 is 10.1 Å². The molecule has 0 radical (unpaired) electrons. The molecule has 1 aliphatic heterocycles. The number of nitrogens with one attached hydrogen (secondary N) is 1. The fourth-order valence-corrected chi connectivity index (χ4v) is 2.32. The van der Waals surface area contributed by atoms with Crippen LogP contribution in [0.2, 0.25) is 0 Å². The van der Waals surface area contributed by atoms with Crippen LogP contribution in [0, 0.1) is 6.92 Å². The van der Waals surface area contributed by atoms with Gasteiger partial charge in [0.2, 0.25) is 0 Å². The number of aryl methyl sites for hydroxylation is 1. The van der Waals surface area contributed by atoms with Gasteiger partial charge in [-0.05, 0) is 45.5 Å². The average molecular weight is 312 g/mol. The van der Waals surface area contributed by atoms with Gasteiger partial charge in [-0.25, -0.2) is 0 Å². The van der Waals surface area contributed by atoms with E-state index in [9.17, 15) is 0 Å². The van der Waals surface area contributed by atoms with E-state index in [0.717, 1.165) is 12.3 Å². The second-order valence-corrected chi connectivity index (χ2v) is 6.49. The molecule has 0 amide bonds. The van der Waals surface area contributed by atoms with Gasteiger partial charge in [-0.1, -0.05) is 48.0 Å². The number of hydrogen-bond acceptors (Lipinski definition) is 3. The number of ether oxygens (including phenoxy) is 1. The highest BCUT2D eigenvalue weighted by Gasteiger charge is 2.27. The first kappa shape index (κ1) is 17.5. The quantitative estimate of drug-likeness (QED) is 0.932. The Morgan fingerprint density at radius 1 is 1.04 bits per heavy atom. The van der Waals surface area contributed by atoms with Crippen LogP contribution in [-0.4, -0.2) is 30.7 Å². The van der Waals surface area contributed by atoms with E-state index < -0.39 is 0 Å². The van der Waals surface area contributed by atoms with Crippen LogP contribution in [0.4, 0.5) is 0 Å². The van der Waals surface area contributed by atoms with Crippen molar-refractivity contribution in [1.29, 1.82) is 0 Å². The minimum atomic E-state index is 0.236. The minimum Gasteiger partial charge on any atom is -0.489 e. The summed E-state index contributed by atoms with van der Waals surface area (Å²) in [4.78, 5) is 2.31. The van der Waals surface area contributed by atoms with Gasteiger partial charge >= 0.3 is 0 Å². The molecule has 1 N–H and O–H groups in total. The van der Waals surface area contributed by atoms with Crippen LogP contribution in [0.1, 0.15) is 25.0 Å². The van der Waals surface area contributed by atoms with Gasteiger partial charge in [0.25, 0.3) is 0 Å². The maximum absolute atomic E-state index is 5.65. The molecule has 3 heteroatoms. The summed E-state index contributed by atoms with van der Waals surface area (Å²) in [6.45, 7) is 9.39. The molecule has 2 aromatic carbocycles. The molecule has 0 spiro atoms. The molecule has 23 heavy (non-hydrogen) atoms. The number of rotatable bonds is 3. The molecule has 0 saturated carbocycles. The molecule has 1 aliphatic rings. The second-order valence-electron chi connectivity index (χ2n) is 6.49. The Labute approximate surface area is 140 Å². The van der Waals surface area contributed by atoms with Crippen LogP contribution in [-0.2, 0) is 6.61 Å². The fourth-order valence-electron chi connectivity index (χ4n) is 2.32. The van der Waals surface area contributed by atoms with Gasteiger partial charge < -0.3 is 4.74 Å². The zero-order valence-electron chi connectivity index (χ0n) is 14.7. The van der Waals surface area contributed by atoms with Crippen LogP contribution in [0.5, 0.6) is 5.75 Å². The first-order chi connectivity index (χ1) is 11.0. The highest BCUT2D eigenvalue weighted by Crippen LogP contribution is 2.13. The van der Waals surface area contributed by atoms with E-state index >= 15 is 0 Å². The molecule has 3 rings (SSSR count). The molecule has 1 fully saturated rings. The average Bonchev–Trinajstić information content (AvgIpc) is 2.86. The normalized spacial score (nSPS) is 16.5. The SMILES string of the molecule is CN1CCNC1(C)C.Cc1ccc(OCc2ccccc2)cc1. The number of likely N-dealkylation sites (N-methyl/N-ethyl adjacent to an activating group) is 1. The van der Waals surface area contributed by atoms with Crippen molar-refractivity contribution >= 4 is 0 Å². The Balaban J connectivity index is 0.000000203. The smallest absolute Gasteiger partial charge is 0.119 e. The fraction of sp³-hybridized carbons (Fsp3) is 0.400. The third kappa shape index (κ3) is 5.70. The summed E-state index contributed by atoms with van der Waals surface area (Å²) in [6.07, 6.45) is 0. The Hall–Kier alpha value is -1.84. The minimum absolute atomic E-state index is 0.236. The van der Waals surface area contributed by atoms with Crippen LogP contribution >= 0.6 is 0 Å². The van der Waals surface area contributed by atoms with E-state index in [2.05, 4.69) is 62.3 Å². The Kier molecular flexibility index (Phi) is 6.20. The van der Waals surface area contributed by atoms with Crippen molar-refractivity contribution in [2.45, 2.75) is 33.0 Å². The van der Waals surface area contributed by atoms with Crippen molar-refractivity contribution in [3.05, 3.63) is 65.7 Å². The van der Waals surface area contributed by atoms with Crippen LogP contribution in [0.3, 0.4) is 0 Å². The van der Waals surface area contributed by atoms with Gasteiger partial charge in [0.05, 0.1) is 5.66 Å². The molecule has 1 heterocycles. The van der Waals surface area contributed by atoms with Crippen molar-refractivity contribution in [3.8, 4) is 5.75 Å². The van der Waals surface area contributed by atoms with E-state index in [1.807, 2.05) is 30.3 Å². The largest absolute Gasteiger partial charge is 0.489 e. The summed E-state index contributed by atoms with van der Waals surface area (Å²) in [5.74, 6) is 0.921. The van der Waals surface area contributed by atoms with Crippen molar-refractivity contribution in [2.24, 2.45) is 0 Å². The molecule has 2 aromatic rings. The predicted octanol–water partition coefficient (Wildman–Crippen LogP) is 3.83. The Morgan fingerprint density at radius 3 is 2.17 bits per heavy atom. The summed E-state index contributed by atoms with van der Waals surface area (Å²) < 4.78 is 5.65. The van der Waals surface area contributed by atoms with Gasteiger partial charge in [0.15, 0.2) is 0 Å². The second kappa shape index (κ2) is 8.14. The molecule has 0 aromatic heterocycles. The predicted molar refractivity (Wildman–Crippen MR) is 96.7 cm³/mol. The molecule has 0 bridgehead atoms. The lowest BCUT2D eigenvalue weighted by Gasteiger charge is -2.26. The highest BCUT2D eigenvalue weighted by atomic mass is 16.5. The Morgan fingerprint density at radius 2 is 1.70 bits per heavy atom. The molecular weight excluding hydrogens is 284 g/mol. The molecule has 0 atom stereocenters. The van der Waals surface area contributed by atoms with E-state index in [1.165, 1.54) is 17.7 Å². The van der Waals surface area contributed by atoms with E-state index in [1.54, 1.807) is 0 Å². The Bertz CT molecular complexity index is 578. The van der Waals surface area contributed by atoms with Gasteiger partial charge in [0.1, 0.15) is 12.4 Å². The third-order valence-corrected chi connectivity index (χ3v) is 4.23. The zero-order valence-corrected chi connectivity index (χ0v) is 14.7. The van der Waals surface area contributed by atoms with Crippen molar-refractivity contribution in [2.75, 3.05) is 20.1 Å². The molecule has 0 aliphatic carbocycles. The number of hydrogen-bond donors (Lipinski definition) is 1. The standard InChI is InChI=1S/C14H14O.C6H14N2/c1-12-7-9-14(10-8-12)15-11-13-5-3-2-4-6-13;1-6(2)7-4-5-8(6)3/h2-10H,11H2,1H3;7H,4-5H2,1-3H3. The first-order valence-electron chi connectivity index (χ1n) is 8.17. The van der Waals surface area contributed by atoms with Crippen molar-refractivity contribution in [3.63, 3.8) is 0 Å². The van der Waals surface area contributed by atoms with Gasteiger partial charge in [-0.15, -0.1) is 0 Å². The maximum atomic E-state index is 5.65. The molecular formula is C20H28N2O. The number of benzene rings is 2. The summed E-state index contributed by atoms with van der Waals surface area (Å²) >= 11 is 0. The van der Waals surface area contributed by atoms with E-state index in [4.69, 9.17) is 4.74 Å². The lowest BCUT2D eigenvalue weighted by molar-refractivity contribution is 0.197. The highest BCUT2D eigenvalue weighted by molar-refractivity contribution is 5.26. The summed E-state index contributed by atoms with van der Waals surface area (Å²) in [7, 11) is 2.14. The van der Waals surface area contributed by atoms with Crippen LogP contribution in [0.15, 0.2) is 54.6 Å². The topological polar surface area (TPSA) is 24.5 Å². The molecule has 0 unspecified atom stereocenters. The zero-order chi connectivity index (χ0) is 16.7. The maximum Gasteiger partial charge on any atom is 0.119 e. The van der Waals surface area contributed by atoms with Crippen LogP contribution in [0.25, 0.3) is 0 Å². The lowest BCUT2D eigenvalue weighted by atomic mass is 10.2. The van der Waals surface area contributed by atoms with E-state index in [0.29, 0.717) is 6.61 Å². The van der Waals surface area contributed by atoms with Gasteiger partial charge in [-0.3, -0.25) is 10.2 Å². The molecule has 3 nitrogen and oxygen atoms in total. The monoisotopic (exact) mass is 312 g/mol. The lowest BCUT2D eigenvalue weighted by Crippen LogP contribution is -2.43. The summed E-state index contributed by atoms with van der Waals surface area (Å²) in [5.41, 5.74) is 2.68. The third-order valence-electron chi connectivity index (χ3n) is 4.23. The summed E-state index contributed by atoms with van der Waals surface area (Å²) in [6, 6.07) is 18.3. The van der Waals surface area contributed by atoms with Gasteiger partial charge in [0, 0.05) is 13.1 Å². The summed E-state index contributed by atoms with van der Waals surface area (Å²) in [5, 5.41) is 3.37. The first-order valence-corrected chi connectivity index (χ1v) is 8.17. The molecule has 1 saturated heterocycles.